The molecule has 0 aliphatic carbocycles. The molecular weight excluding hydrogens is 356 g/mol. The van der Waals surface area contributed by atoms with Crippen molar-refractivity contribution < 1.29 is 9.53 Å². The molecule has 0 spiro atoms. The number of carbonyl (C=O) groups is 1. The van der Waals surface area contributed by atoms with Gasteiger partial charge in [-0.15, -0.1) is 0 Å². The second-order valence-electron chi connectivity index (χ2n) is 6.54. The lowest BCUT2D eigenvalue weighted by Crippen LogP contribution is -2.40. The molecule has 1 fully saturated rings. The van der Waals surface area contributed by atoms with Crippen molar-refractivity contribution in [2.45, 2.75) is 18.5 Å². The third kappa shape index (κ3) is 1.96. The molecule has 0 unspecified atom stereocenters. The zero-order valence-electron chi connectivity index (χ0n) is 13.2. The maximum atomic E-state index is 12.9. The summed E-state index contributed by atoms with van der Waals surface area (Å²) < 4.78 is 8.52. The van der Waals surface area contributed by atoms with Crippen molar-refractivity contribution in [1.82, 2.24) is 9.47 Å². The van der Waals surface area contributed by atoms with Crippen molar-refractivity contribution in [3.8, 4) is 0 Å². The van der Waals surface area contributed by atoms with E-state index in [0.717, 1.165) is 11.0 Å². The molecule has 1 aromatic heterocycles. The fourth-order valence-corrected chi connectivity index (χ4v) is 4.80. The Bertz CT molecular complexity index is 755. The number of rotatable bonds is 2. The SMILES string of the molecule is COC(=O)[C@@]12Cn3cccc3[C@@H]1N(C)C[C@H]2c1ccc(Br)cc1. The molecule has 1 saturated heterocycles. The van der Waals surface area contributed by atoms with Gasteiger partial charge in [-0.3, -0.25) is 9.69 Å². The molecule has 2 aromatic rings. The first-order valence-electron chi connectivity index (χ1n) is 7.77. The van der Waals surface area contributed by atoms with E-state index in [1.807, 2.05) is 12.1 Å². The molecule has 120 valence electrons. The van der Waals surface area contributed by atoms with Gasteiger partial charge < -0.3 is 9.30 Å². The molecule has 0 bridgehead atoms. The number of methoxy groups -OCH3 is 1. The molecule has 3 heterocycles. The topological polar surface area (TPSA) is 34.5 Å². The summed E-state index contributed by atoms with van der Waals surface area (Å²) in [5.41, 5.74) is 1.85. The highest BCUT2D eigenvalue weighted by Crippen LogP contribution is 2.59. The number of esters is 1. The van der Waals surface area contributed by atoms with Crippen LogP contribution in [0.5, 0.6) is 0 Å². The van der Waals surface area contributed by atoms with E-state index in [4.69, 9.17) is 4.74 Å². The first kappa shape index (κ1) is 15.0. The van der Waals surface area contributed by atoms with Gasteiger partial charge >= 0.3 is 5.97 Å². The predicted octanol–water partition coefficient (Wildman–Crippen LogP) is 3.19. The monoisotopic (exact) mass is 374 g/mol. The van der Waals surface area contributed by atoms with Crippen LogP contribution in [0.15, 0.2) is 47.1 Å². The molecule has 0 radical (unpaired) electrons. The van der Waals surface area contributed by atoms with Gasteiger partial charge in [0.05, 0.1) is 13.2 Å². The van der Waals surface area contributed by atoms with Crippen LogP contribution in [0.2, 0.25) is 0 Å². The van der Waals surface area contributed by atoms with Crippen molar-refractivity contribution >= 4 is 21.9 Å². The van der Waals surface area contributed by atoms with Crippen molar-refractivity contribution in [2.75, 3.05) is 20.7 Å². The molecule has 3 atom stereocenters. The van der Waals surface area contributed by atoms with Crippen LogP contribution in [-0.2, 0) is 16.1 Å². The van der Waals surface area contributed by atoms with Gasteiger partial charge in [0.2, 0.25) is 0 Å². The average Bonchev–Trinajstić information content (AvgIpc) is 3.18. The molecule has 0 saturated carbocycles. The van der Waals surface area contributed by atoms with Crippen LogP contribution >= 0.6 is 15.9 Å². The Kier molecular flexibility index (Phi) is 3.39. The second-order valence-corrected chi connectivity index (χ2v) is 7.45. The molecule has 2 aliphatic rings. The number of likely N-dealkylation sites (tertiary alicyclic amines) is 1. The molecular formula is C18H19BrN2O2. The summed E-state index contributed by atoms with van der Waals surface area (Å²) in [6, 6.07) is 12.6. The zero-order valence-corrected chi connectivity index (χ0v) is 14.8. The highest BCUT2D eigenvalue weighted by molar-refractivity contribution is 9.10. The van der Waals surface area contributed by atoms with Crippen LogP contribution in [0.3, 0.4) is 0 Å². The summed E-state index contributed by atoms with van der Waals surface area (Å²) >= 11 is 3.49. The summed E-state index contributed by atoms with van der Waals surface area (Å²) in [7, 11) is 3.60. The van der Waals surface area contributed by atoms with E-state index in [9.17, 15) is 4.79 Å². The zero-order chi connectivity index (χ0) is 16.2. The van der Waals surface area contributed by atoms with Gasteiger partial charge in [-0.1, -0.05) is 28.1 Å². The quantitative estimate of drug-likeness (QED) is 0.757. The Balaban J connectivity index is 1.86. The van der Waals surface area contributed by atoms with E-state index >= 15 is 0 Å². The maximum absolute atomic E-state index is 12.9. The average molecular weight is 375 g/mol. The number of halogens is 1. The lowest BCUT2D eigenvalue weighted by atomic mass is 9.71. The van der Waals surface area contributed by atoms with Crippen LogP contribution in [0.1, 0.15) is 23.2 Å². The number of hydrogen-bond donors (Lipinski definition) is 0. The normalized spacial score (nSPS) is 29.3. The lowest BCUT2D eigenvalue weighted by molar-refractivity contribution is -0.155. The van der Waals surface area contributed by atoms with Gasteiger partial charge in [0.1, 0.15) is 5.41 Å². The molecule has 4 nitrogen and oxygen atoms in total. The minimum Gasteiger partial charge on any atom is -0.468 e. The van der Waals surface area contributed by atoms with Crippen molar-refractivity contribution in [3.05, 3.63) is 58.3 Å². The summed E-state index contributed by atoms with van der Waals surface area (Å²) in [5.74, 6) is 0.0152. The number of aromatic nitrogens is 1. The smallest absolute Gasteiger partial charge is 0.316 e. The first-order chi connectivity index (χ1) is 11.1. The Morgan fingerprint density at radius 3 is 2.74 bits per heavy atom. The second kappa shape index (κ2) is 5.21. The summed E-state index contributed by atoms with van der Waals surface area (Å²) in [6.45, 7) is 1.53. The number of ether oxygens (including phenoxy) is 1. The summed E-state index contributed by atoms with van der Waals surface area (Å²) in [6.07, 6.45) is 2.06. The van der Waals surface area contributed by atoms with Gasteiger partial charge in [0.15, 0.2) is 0 Å². The molecule has 1 aromatic carbocycles. The Morgan fingerprint density at radius 1 is 1.30 bits per heavy atom. The molecule has 2 aliphatic heterocycles. The number of nitrogens with zero attached hydrogens (tertiary/aromatic N) is 2. The Morgan fingerprint density at radius 2 is 2.04 bits per heavy atom. The third-order valence-electron chi connectivity index (χ3n) is 5.44. The van der Waals surface area contributed by atoms with E-state index < -0.39 is 5.41 Å². The van der Waals surface area contributed by atoms with E-state index in [2.05, 4.69) is 62.9 Å². The van der Waals surface area contributed by atoms with Gasteiger partial charge in [-0.2, -0.15) is 0 Å². The first-order valence-corrected chi connectivity index (χ1v) is 8.56. The standard InChI is InChI=1S/C18H19BrN2O2/c1-20-10-14(12-5-7-13(19)8-6-12)18(17(22)23-2)11-21-9-3-4-15(21)16(18)20/h3-9,14,16H,10-11H2,1-2H3/t14-,16-,18+/m0/s1. The highest BCUT2D eigenvalue weighted by Gasteiger charge is 2.63. The largest absolute Gasteiger partial charge is 0.468 e. The van der Waals surface area contributed by atoms with Gasteiger partial charge in [0.25, 0.3) is 0 Å². The number of carbonyl (C=O) groups excluding carboxylic acids is 1. The van der Waals surface area contributed by atoms with Gasteiger partial charge in [0, 0.05) is 35.4 Å². The van der Waals surface area contributed by atoms with E-state index in [1.54, 1.807) is 0 Å². The number of fused-ring (bicyclic) bond motifs is 3. The highest BCUT2D eigenvalue weighted by atomic mass is 79.9. The fourth-order valence-electron chi connectivity index (χ4n) is 4.53. The van der Waals surface area contributed by atoms with Crippen LogP contribution in [-0.4, -0.2) is 36.1 Å². The van der Waals surface area contributed by atoms with Crippen LogP contribution in [0.25, 0.3) is 0 Å². The van der Waals surface area contributed by atoms with Crippen molar-refractivity contribution in [2.24, 2.45) is 5.41 Å². The van der Waals surface area contributed by atoms with E-state index in [1.165, 1.54) is 18.4 Å². The van der Waals surface area contributed by atoms with E-state index in [-0.39, 0.29) is 17.9 Å². The fraction of sp³-hybridized carbons (Fsp3) is 0.389. The number of likely N-dealkylation sites (N-methyl/N-ethyl adjacent to an activating group) is 1. The van der Waals surface area contributed by atoms with Crippen LogP contribution in [0, 0.1) is 5.41 Å². The van der Waals surface area contributed by atoms with E-state index in [0.29, 0.717) is 6.54 Å². The molecule has 4 rings (SSSR count). The van der Waals surface area contributed by atoms with Crippen LogP contribution in [0.4, 0.5) is 0 Å². The lowest BCUT2D eigenvalue weighted by Gasteiger charge is -2.32. The molecule has 0 N–H and O–H groups in total. The Labute approximate surface area is 144 Å². The van der Waals surface area contributed by atoms with Gasteiger partial charge in [-0.25, -0.2) is 0 Å². The minimum atomic E-state index is -0.548. The maximum Gasteiger partial charge on any atom is 0.316 e. The number of hydrogen-bond acceptors (Lipinski definition) is 3. The van der Waals surface area contributed by atoms with Crippen LogP contribution < -0.4 is 0 Å². The summed E-state index contributed by atoms with van der Waals surface area (Å²) in [4.78, 5) is 15.2. The number of benzene rings is 1. The molecule has 23 heavy (non-hydrogen) atoms. The molecule has 5 heteroatoms. The molecule has 0 amide bonds. The Hall–Kier alpha value is -1.59. The van der Waals surface area contributed by atoms with Crippen molar-refractivity contribution in [1.29, 1.82) is 0 Å². The predicted molar refractivity (Wildman–Crippen MR) is 91.1 cm³/mol. The summed E-state index contributed by atoms with van der Waals surface area (Å²) in [5, 5.41) is 0. The van der Waals surface area contributed by atoms with Crippen molar-refractivity contribution in [3.63, 3.8) is 0 Å². The third-order valence-corrected chi connectivity index (χ3v) is 5.96. The minimum absolute atomic E-state index is 0.0681. The van der Waals surface area contributed by atoms with Gasteiger partial charge in [-0.05, 0) is 36.9 Å².